The van der Waals surface area contributed by atoms with E-state index in [4.69, 9.17) is 0 Å². The van der Waals surface area contributed by atoms with Crippen molar-refractivity contribution in [2.45, 2.75) is 19.6 Å². The maximum Gasteiger partial charge on any atom is 0.381 e. The van der Waals surface area contributed by atoms with E-state index in [0.29, 0.717) is 0 Å². The van der Waals surface area contributed by atoms with Gasteiger partial charge in [0.15, 0.2) is 0 Å². The summed E-state index contributed by atoms with van der Waals surface area (Å²) in [5, 5.41) is 22.7. The van der Waals surface area contributed by atoms with E-state index in [-0.39, 0.29) is 12.4 Å². The van der Waals surface area contributed by atoms with E-state index < -0.39 is 46.5 Å². The Balaban J connectivity index is 1.97. The number of aromatic nitrogens is 2. The van der Waals surface area contributed by atoms with Crippen molar-refractivity contribution in [1.29, 1.82) is 0 Å². The van der Waals surface area contributed by atoms with E-state index in [1.807, 2.05) is 0 Å². The number of nitrogens with zero attached hydrogens (tertiary/aromatic N) is 3. The molecule has 8 nitrogen and oxygen atoms in total. The van der Waals surface area contributed by atoms with Crippen LogP contribution >= 0.6 is 0 Å². The highest BCUT2D eigenvalue weighted by molar-refractivity contribution is 5.75. The van der Waals surface area contributed by atoms with Crippen LogP contribution in [0.15, 0.2) is 24.4 Å². The third-order valence-corrected chi connectivity index (χ3v) is 3.29. The van der Waals surface area contributed by atoms with Gasteiger partial charge in [-0.15, -0.1) is 0 Å². The second-order valence-electron chi connectivity index (χ2n) is 4.99. The largest absolute Gasteiger partial charge is 0.386 e. The maximum absolute atomic E-state index is 13.5. The fourth-order valence-corrected chi connectivity index (χ4v) is 2.09. The fourth-order valence-electron chi connectivity index (χ4n) is 2.09. The SMILES string of the molecule is Cc1nc([N+](=O)[O-])cn1CC(=O)NCC(O)c1c(F)cccc1F. The van der Waals surface area contributed by atoms with E-state index in [9.17, 15) is 28.8 Å². The van der Waals surface area contributed by atoms with Gasteiger partial charge >= 0.3 is 5.82 Å². The van der Waals surface area contributed by atoms with Gasteiger partial charge < -0.3 is 20.5 Å². The van der Waals surface area contributed by atoms with Gasteiger partial charge in [-0.3, -0.25) is 9.36 Å². The molecule has 1 amide bonds. The molecule has 10 heteroatoms. The minimum Gasteiger partial charge on any atom is -0.386 e. The summed E-state index contributed by atoms with van der Waals surface area (Å²) < 4.78 is 28.3. The Labute approximate surface area is 134 Å². The van der Waals surface area contributed by atoms with Crippen LogP contribution < -0.4 is 5.32 Å². The van der Waals surface area contributed by atoms with Crippen LogP contribution in [0.4, 0.5) is 14.6 Å². The molecule has 0 fully saturated rings. The molecule has 0 aliphatic rings. The molecule has 2 rings (SSSR count). The van der Waals surface area contributed by atoms with Gasteiger partial charge in [-0.1, -0.05) is 6.07 Å². The van der Waals surface area contributed by atoms with Crippen LogP contribution in [0.2, 0.25) is 0 Å². The van der Waals surface area contributed by atoms with Crippen LogP contribution in [0.5, 0.6) is 0 Å². The van der Waals surface area contributed by atoms with Gasteiger partial charge in [-0.05, 0) is 22.0 Å². The predicted octanol–water partition coefficient (Wildman–Crippen LogP) is 1.23. The summed E-state index contributed by atoms with van der Waals surface area (Å²) >= 11 is 0. The first-order chi connectivity index (χ1) is 11.3. The van der Waals surface area contributed by atoms with E-state index in [1.54, 1.807) is 0 Å². The second kappa shape index (κ2) is 7.13. The van der Waals surface area contributed by atoms with Crippen molar-refractivity contribution in [2.24, 2.45) is 0 Å². The van der Waals surface area contributed by atoms with Crippen molar-refractivity contribution in [3.63, 3.8) is 0 Å². The van der Waals surface area contributed by atoms with Crippen LogP contribution in [-0.4, -0.2) is 32.0 Å². The third kappa shape index (κ3) is 3.90. The molecule has 0 saturated carbocycles. The lowest BCUT2D eigenvalue weighted by Crippen LogP contribution is -2.32. The molecule has 2 N–H and O–H groups in total. The lowest BCUT2D eigenvalue weighted by Gasteiger charge is -2.14. The van der Waals surface area contributed by atoms with Gasteiger partial charge in [0.1, 0.15) is 30.5 Å². The predicted molar refractivity (Wildman–Crippen MR) is 77.9 cm³/mol. The molecule has 2 aromatic rings. The van der Waals surface area contributed by atoms with Crippen molar-refractivity contribution < 1.29 is 23.6 Å². The summed E-state index contributed by atoms with van der Waals surface area (Å²) in [6.07, 6.45) is -0.463. The molecule has 1 atom stereocenters. The number of aryl methyl sites for hydroxylation is 1. The topological polar surface area (TPSA) is 110 Å². The highest BCUT2D eigenvalue weighted by atomic mass is 19.1. The average molecular weight is 340 g/mol. The van der Waals surface area contributed by atoms with Crippen molar-refractivity contribution in [1.82, 2.24) is 14.9 Å². The molecule has 0 saturated heterocycles. The van der Waals surface area contributed by atoms with Gasteiger partial charge in [-0.2, -0.15) is 0 Å². The average Bonchev–Trinajstić information content (AvgIpc) is 2.86. The van der Waals surface area contributed by atoms with Crippen LogP contribution in [0, 0.1) is 28.7 Å². The van der Waals surface area contributed by atoms with Crippen molar-refractivity contribution in [2.75, 3.05) is 6.54 Å². The van der Waals surface area contributed by atoms with Crippen molar-refractivity contribution in [3.05, 3.63) is 57.5 Å². The highest BCUT2D eigenvalue weighted by Crippen LogP contribution is 2.20. The fraction of sp³-hybridized carbons (Fsp3) is 0.286. The Bertz CT molecular complexity index is 758. The second-order valence-corrected chi connectivity index (χ2v) is 4.99. The Morgan fingerprint density at radius 1 is 1.46 bits per heavy atom. The minimum absolute atomic E-state index is 0.262. The molecule has 0 spiro atoms. The van der Waals surface area contributed by atoms with E-state index in [0.717, 1.165) is 24.4 Å². The van der Waals surface area contributed by atoms with E-state index in [2.05, 4.69) is 10.3 Å². The number of nitrogens with one attached hydrogen (secondary N) is 1. The van der Waals surface area contributed by atoms with Crippen LogP contribution in [0.3, 0.4) is 0 Å². The van der Waals surface area contributed by atoms with Gasteiger partial charge in [-0.25, -0.2) is 8.78 Å². The molecule has 0 bridgehead atoms. The number of hydrogen-bond donors (Lipinski definition) is 2. The summed E-state index contributed by atoms with van der Waals surface area (Å²) in [4.78, 5) is 25.4. The minimum atomic E-state index is -1.56. The van der Waals surface area contributed by atoms with Gasteiger partial charge in [0.25, 0.3) is 0 Å². The summed E-state index contributed by atoms with van der Waals surface area (Å²) in [5.41, 5.74) is -0.535. The molecule has 0 aliphatic heterocycles. The summed E-state index contributed by atoms with van der Waals surface area (Å²) in [6, 6.07) is 3.16. The third-order valence-electron chi connectivity index (χ3n) is 3.29. The maximum atomic E-state index is 13.5. The molecule has 1 aromatic carbocycles. The smallest absolute Gasteiger partial charge is 0.381 e. The summed E-state index contributed by atoms with van der Waals surface area (Å²) in [6.45, 7) is 0.801. The first kappa shape index (κ1) is 17.5. The number of aliphatic hydroxyl groups excluding tert-OH is 1. The van der Waals surface area contributed by atoms with E-state index in [1.165, 1.54) is 11.5 Å². The normalized spacial score (nSPS) is 12.0. The molecule has 128 valence electrons. The summed E-state index contributed by atoms with van der Waals surface area (Å²) in [7, 11) is 0. The molecule has 0 radical (unpaired) electrons. The van der Waals surface area contributed by atoms with Crippen LogP contribution in [0.1, 0.15) is 17.5 Å². The van der Waals surface area contributed by atoms with Gasteiger partial charge in [0, 0.05) is 13.5 Å². The Kier molecular flexibility index (Phi) is 5.19. The molecule has 1 heterocycles. The Hall–Kier alpha value is -2.88. The number of benzene rings is 1. The molecule has 24 heavy (non-hydrogen) atoms. The highest BCUT2D eigenvalue weighted by Gasteiger charge is 2.20. The quantitative estimate of drug-likeness (QED) is 0.607. The van der Waals surface area contributed by atoms with Gasteiger partial charge in [0.05, 0.1) is 5.56 Å². The monoisotopic (exact) mass is 340 g/mol. The number of amides is 1. The van der Waals surface area contributed by atoms with Gasteiger partial charge in [0.2, 0.25) is 11.7 Å². The number of rotatable bonds is 6. The number of imidazole rings is 1. The van der Waals surface area contributed by atoms with E-state index >= 15 is 0 Å². The molecule has 1 aromatic heterocycles. The molecular weight excluding hydrogens is 326 g/mol. The molecular formula is C14H14F2N4O4. The molecule has 1 unspecified atom stereocenters. The number of hydrogen-bond acceptors (Lipinski definition) is 5. The van der Waals surface area contributed by atoms with Crippen molar-refractivity contribution in [3.8, 4) is 0 Å². The Morgan fingerprint density at radius 2 is 2.08 bits per heavy atom. The summed E-state index contributed by atoms with van der Waals surface area (Å²) in [5.74, 6) is -2.57. The number of nitro groups is 1. The first-order valence-electron chi connectivity index (χ1n) is 6.86. The standard InChI is InChI=1S/C14H14F2N4O4/c1-8-18-12(20(23)24)6-19(8)7-13(22)17-5-11(21)14-9(15)3-2-4-10(14)16/h2-4,6,11,21H,5,7H2,1H3,(H,17,22). The Morgan fingerprint density at radius 3 is 2.62 bits per heavy atom. The van der Waals surface area contributed by atoms with Crippen LogP contribution in [-0.2, 0) is 11.3 Å². The number of aliphatic hydroxyl groups is 1. The number of carbonyl (C=O) groups is 1. The number of carbonyl (C=O) groups excluding carboxylic acids is 1. The first-order valence-corrected chi connectivity index (χ1v) is 6.86. The zero-order chi connectivity index (χ0) is 17.9. The lowest BCUT2D eigenvalue weighted by atomic mass is 10.1. The number of halogens is 2. The zero-order valence-corrected chi connectivity index (χ0v) is 12.6. The van der Waals surface area contributed by atoms with Crippen molar-refractivity contribution >= 4 is 11.7 Å². The lowest BCUT2D eigenvalue weighted by molar-refractivity contribution is -0.389. The zero-order valence-electron chi connectivity index (χ0n) is 12.6. The van der Waals surface area contributed by atoms with Crippen LogP contribution in [0.25, 0.3) is 0 Å². The molecule has 0 aliphatic carbocycles.